The van der Waals surface area contributed by atoms with Crippen LogP contribution < -0.4 is 4.90 Å². The lowest BCUT2D eigenvalue weighted by molar-refractivity contribution is -0.144. The van der Waals surface area contributed by atoms with Crippen molar-refractivity contribution in [3.8, 4) is 0 Å². The highest BCUT2D eigenvalue weighted by molar-refractivity contribution is 6.34. The molecule has 3 saturated heterocycles. The molecule has 236 valence electrons. The van der Waals surface area contributed by atoms with Gasteiger partial charge in [0.1, 0.15) is 0 Å². The van der Waals surface area contributed by atoms with Gasteiger partial charge in [-0.25, -0.2) is 0 Å². The SMILES string of the molecule is FC(F)F.O=C([C@H](O)c1ccccc1)N1CCC(OC2CCN(c3ccc(C(=O)N4CCC[C@H]4CO)c(Cl)c3)CC2)CC1. The van der Waals surface area contributed by atoms with Crippen molar-refractivity contribution in [3.63, 3.8) is 0 Å². The van der Waals surface area contributed by atoms with E-state index in [9.17, 15) is 33.0 Å². The Morgan fingerprint density at radius 3 is 2.09 bits per heavy atom. The highest BCUT2D eigenvalue weighted by atomic mass is 35.5. The average Bonchev–Trinajstić information content (AvgIpc) is 3.50. The summed E-state index contributed by atoms with van der Waals surface area (Å²) in [4.78, 5) is 31.5. The normalized spacial score (nSPS) is 20.6. The van der Waals surface area contributed by atoms with Crippen molar-refractivity contribution >= 4 is 29.1 Å². The summed E-state index contributed by atoms with van der Waals surface area (Å²) in [6.07, 6.45) is 4.23. The van der Waals surface area contributed by atoms with Gasteiger partial charge >= 0.3 is 6.68 Å². The number of rotatable bonds is 7. The largest absolute Gasteiger partial charge is 0.394 e. The van der Waals surface area contributed by atoms with Crippen molar-refractivity contribution in [1.82, 2.24) is 9.80 Å². The zero-order valence-electron chi connectivity index (χ0n) is 24.0. The van der Waals surface area contributed by atoms with Crippen LogP contribution in [0.2, 0.25) is 5.02 Å². The average molecular weight is 626 g/mol. The minimum atomic E-state index is -3.67. The fraction of sp³-hybridized carbons (Fsp3) is 0.548. The number of nitrogens with zero attached hydrogens (tertiary/aromatic N) is 3. The van der Waals surface area contributed by atoms with Gasteiger partial charge in [-0.2, -0.15) is 13.2 Å². The number of hydrogen-bond acceptors (Lipinski definition) is 6. The molecule has 0 aromatic heterocycles. The zero-order chi connectivity index (χ0) is 30.9. The number of alkyl halides is 3. The number of halogens is 4. The van der Waals surface area contributed by atoms with E-state index >= 15 is 0 Å². The van der Waals surface area contributed by atoms with Crippen molar-refractivity contribution in [3.05, 3.63) is 64.7 Å². The molecule has 3 aliphatic rings. The Hall–Kier alpha value is -2.86. The van der Waals surface area contributed by atoms with Crippen LogP contribution in [0.25, 0.3) is 0 Å². The lowest BCUT2D eigenvalue weighted by Crippen LogP contribution is -2.45. The molecule has 2 aromatic carbocycles. The van der Waals surface area contributed by atoms with E-state index in [4.69, 9.17) is 16.3 Å². The summed E-state index contributed by atoms with van der Waals surface area (Å²) in [6.45, 7) is -0.173. The third-order valence-corrected chi connectivity index (χ3v) is 8.64. The Labute approximate surface area is 255 Å². The first-order valence-corrected chi connectivity index (χ1v) is 15.1. The summed E-state index contributed by atoms with van der Waals surface area (Å²) in [6, 6.07) is 14.6. The molecule has 2 N–H and O–H groups in total. The molecule has 0 bridgehead atoms. The number of carbonyl (C=O) groups excluding carboxylic acids is 2. The maximum Gasteiger partial charge on any atom is 0.379 e. The predicted molar refractivity (Wildman–Crippen MR) is 157 cm³/mol. The quantitative estimate of drug-likeness (QED) is 0.458. The van der Waals surface area contributed by atoms with E-state index in [-0.39, 0.29) is 36.7 Å². The van der Waals surface area contributed by atoms with Crippen LogP contribution in [0.15, 0.2) is 48.5 Å². The minimum absolute atomic E-state index is 0.0208. The Kier molecular flexibility index (Phi) is 12.1. The topological polar surface area (TPSA) is 93.5 Å². The number of aliphatic hydroxyl groups excluding tert-OH is 2. The van der Waals surface area contributed by atoms with Crippen molar-refractivity contribution in [2.45, 2.75) is 69.6 Å². The summed E-state index contributed by atoms with van der Waals surface area (Å²) >= 11 is 6.55. The first-order chi connectivity index (χ1) is 20.7. The number of ether oxygens (including phenoxy) is 1. The second kappa shape index (κ2) is 15.7. The van der Waals surface area contributed by atoms with Crippen LogP contribution in [0.5, 0.6) is 0 Å². The fourth-order valence-corrected chi connectivity index (χ4v) is 6.26. The van der Waals surface area contributed by atoms with Crippen molar-refractivity contribution in [2.75, 3.05) is 44.2 Å². The highest BCUT2D eigenvalue weighted by Gasteiger charge is 2.32. The molecule has 0 aliphatic carbocycles. The monoisotopic (exact) mass is 625 g/mol. The second-order valence-corrected chi connectivity index (χ2v) is 11.5. The summed E-state index contributed by atoms with van der Waals surface area (Å²) in [5.41, 5.74) is 2.11. The van der Waals surface area contributed by atoms with Crippen LogP contribution in [0.1, 0.15) is 60.6 Å². The molecule has 0 saturated carbocycles. The molecule has 8 nitrogen and oxygen atoms in total. The maximum atomic E-state index is 13.0. The molecule has 2 aromatic rings. The van der Waals surface area contributed by atoms with Gasteiger partial charge in [-0.3, -0.25) is 9.59 Å². The van der Waals surface area contributed by atoms with Gasteiger partial charge in [0, 0.05) is 38.4 Å². The molecule has 12 heteroatoms. The number of carbonyl (C=O) groups is 2. The maximum absolute atomic E-state index is 13.0. The zero-order valence-corrected chi connectivity index (χ0v) is 24.7. The van der Waals surface area contributed by atoms with Gasteiger partial charge in [-0.1, -0.05) is 41.9 Å². The smallest absolute Gasteiger partial charge is 0.379 e. The summed E-state index contributed by atoms with van der Waals surface area (Å²) < 4.78 is 35.4. The lowest BCUT2D eigenvalue weighted by atomic mass is 10.0. The Bertz CT molecular complexity index is 1190. The molecular formula is C31H39ClF3N3O5. The fourth-order valence-electron chi connectivity index (χ4n) is 6.01. The number of likely N-dealkylation sites (tertiary alicyclic amines) is 2. The molecule has 43 heavy (non-hydrogen) atoms. The van der Waals surface area contributed by atoms with Gasteiger partial charge in [0.05, 0.1) is 35.4 Å². The first-order valence-electron chi connectivity index (χ1n) is 14.7. The van der Waals surface area contributed by atoms with Crippen molar-refractivity contribution in [2.24, 2.45) is 0 Å². The number of benzene rings is 2. The molecule has 2 atom stereocenters. The van der Waals surface area contributed by atoms with Gasteiger partial charge in [0.25, 0.3) is 11.8 Å². The van der Waals surface area contributed by atoms with E-state index in [1.165, 1.54) is 0 Å². The van der Waals surface area contributed by atoms with Gasteiger partial charge < -0.3 is 29.6 Å². The summed E-state index contributed by atoms with van der Waals surface area (Å²) in [5.74, 6) is -0.356. The highest BCUT2D eigenvalue weighted by Crippen LogP contribution is 2.30. The van der Waals surface area contributed by atoms with Crippen LogP contribution in [0, 0.1) is 0 Å². The van der Waals surface area contributed by atoms with Crippen LogP contribution in [-0.4, -0.2) is 96.1 Å². The molecule has 3 aliphatic heterocycles. The lowest BCUT2D eigenvalue weighted by Gasteiger charge is -2.38. The summed E-state index contributed by atoms with van der Waals surface area (Å²) in [5, 5.41) is 20.5. The second-order valence-electron chi connectivity index (χ2n) is 11.0. The van der Waals surface area contributed by atoms with E-state index in [2.05, 4.69) is 4.90 Å². The molecule has 0 unspecified atom stereocenters. The van der Waals surface area contributed by atoms with E-state index in [0.29, 0.717) is 35.8 Å². The van der Waals surface area contributed by atoms with Crippen LogP contribution in [0.3, 0.4) is 0 Å². The van der Waals surface area contributed by atoms with E-state index in [1.807, 2.05) is 30.3 Å². The number of anilines is 1. The van der Waals surface area contributed by atoms with Crippen LogP contribution in [0.4, 0.5) is 18.9 Å². The van der Waals surface area contributed by atoms with Crippen LogP contribution >= 0.6 is 11.6 Å². The Morgan fingerprint density at radius 2 is 1.51 bits per heavy atom. The van der Waals surface area contributed by atoms with Crippen molar-refractivity contribution in [1.29, 1.82) is 0 Å². The summed E-state index contributed by atoms with van der Waals surface area (Å²) in [7, 11) is 0. The van der Waals surface area contributed by atoms with Gasteiger partial charge in [0.2, 0.25) is 0 Å². The molecule has 2 amide bonds. The van der Waals surface area contributed by atoms with Gasteiger partial charge in [-0.15, -0.1) is 0 Å². The first kappa shape index (κ1) is 33.0. The number of hydrogen-bond donors (Lipinski definition) is 2. The minimum Gasteiger partial charge on any atom is -0.394 e. The molecule has 0 radical (unpaired) electrons. The Morgan fingerprint density at radius 1 is 0.907 bits per heavy atom. The van der Waals surface area contributed by atoms with E-state index in [0.717, 1.165) is 57.3 Å². The molecule has 5 rings (SSSR count). The third-order valence-electron chi connectivity index (χ3n) is 8.33. The van der Waals surface area contributed by atoms with E-state index < -0.39 is 12.8 Å². The standard InChI is InChI=1S/C30H38ClN3O5.CHF3/c31-27-19-22(8-9-26(27)29(37)34-14-4-7-23(34)20-35)32-15-10-24(11-16-32)39-25-12-17-33(18-13-25)30(38)28(36)21-5-2-1-3-6-21;2-1(3)4/h1-3,5-6,8-9,19,23-25,28,35-36H,4,7,10-18,20H2;1H/t23-,28+;/m0./s1. The van der Waals surface area contributed by atoms with Gasteiger partial charge in [0.15, 0.2) is 6.10 Å². The van der Waals surface area contributed by atoms with E-state index in [1.54, 1.807) is 28.0 Å². The number of piperidine rings is 2. The molecular weight excluding hydrogens is 587 g/mol. The third kappa shape index (κ3) is 8.84. The van der Waals surface area contributed by atoms with Crippen molar-refractivity contribution < 1.29 is 37.7 Å². The molecule has 0 spiro atoms. The number of aliphatic hydroxyl groups is 2. The molecule has 3 fully saturated rings. The molecule has 3 heterocycles. The predicted octanol–water partition coefficient (Wildman–Crippen LogP) is 4.83. The van der Waals surface area contributed by atoms with Gasteiger partial charge in [-0.05, 0) is 62.3 Å². The Balaban J connectivity index is 0.000000996. The number of amides is 2. The van der Waals surface area contributed by atoms with Crippen LogP contribution in [-0.2, 0) is 9.53 Å².